The molecule has 2 fully saturated rings. The lowest BCUT2D eigenvalue weighted by atomic mass is 9.95. The Bertz CT molecular complexity index is 313. The number of hydrogen-bond donors (Lipinski definition) is 2. The average Bonchev–Trinajstić information content (AvgIpc) is 2.46. The lowest BCUT2D eigenvalue weighted by Gasteiger charge is -2.35. The van der Waals surface area contributed by atoms with Gasteiger partial charge in [-0.25, -0.2) is 0 Å². The van der Waals surface area contributed by atoms with Crippen LogP contribution in [0.3, 0.4) is 0 Å². The van der Waals surface area contributed by atoms with Crippen molar-refractivity contribution >= 4 is 11.8 Å². The van der Waals surface area contributed by atoms with E-state index in [1.165, 1.54) is 0 Å². The molecule has 5 heteroatoms. The number of nitrogens with zero attached hydrogens (tertiary/aromatic N) is 1. The van der Waals surface area contributed by atoms with E-state index >= 15 is 0 Å². The molecule has 0 saturated carbocycles. The van der Waals surface area contributed by atoms with Crippen LogP contribution < -0.4 is 10.6 Å². The summed E-state index contributed by atoms with van der Waals surface area (Å²) < 4.78 is 0. The number of nitrogens with one attached hydrogen (secondary N) is 2. The van der Waals surface area contributed by atoms with Crippen molar-refractivity contribution < 1.29 is 9.59 Å². The van der Waals surface area contributed by atoms with Gasteiger partial charge in [-0.3, -0.25) is 9.59 Å². The van der Waals surface area contributed by atoms with Gasteiger partial charge in [0.25, 0.3) is 0 Å². The summed E-state index contributed by atoms with van der Waals surface area (Å²) >= 11 is 0. The molecular formula is C13H23N3O2. The fourth-order valence-electron chi connectivity index (χ4n) is 2.88. The van der Waals surface area contributed by atoms with Gasteiger partial charge in [0, 0.05) is 20.1 Å². The summed E-state index contributed by atoms with van der Waals surface area (Å²) in [4.78, 5) is 25.9. The minimum atomic E-state index is -0.0312. The van der Waals surface area contributed by atoms with Gasteiger partial charge < -0.3 is 15.5 Å². The predicted molar refractivity (Wildman–Crippen MR) is 69.0 cm³/mol. The summed E-state index contributed by atoms with van der Waals surface area (Å²) in [5.74, 6) is 0.212. The van der Waals surface area contributed by atoms with E-state index in [4.69, 9.17) is 0 Å². The third-order valence-corrected chi connectivity index (χ3v) is 3.96. The van der Waals surface area contributed by atoms with E-state index in [-0.39, 0.29) is 23.8 Å². The van der Waals surface area contributed by atoms with E-state index in [2.05, 4.69) is 10.6 Å². The molecule has 102 valence electrons. The van der Waals surface area contributed by atoms with Crippen molar-refractivity contribution in [3.63, 3.8) is 0 Å². The number of likely N-dealkylation sites (tertiary alicyclic amines) is 1. The molecule has 0 aliphatic carbocycles. The summed E-state index contributed by atoms with van der Waals surface area (Å²) in [6.07, 6.45) is 5.03. The Morgan fingerprint density at radius 2 is 2.06 bits per heavy atom. The average molecular weight is 253 g/mol. The van der Waals surface area contributed by atoms with Gasteiger partial charge in [0.2, 0.25) is 11.8 Å². The fraction of sp³-hybridized carbons (Fsp3) is 0.846. The number of carbonyl (C=O) groups is 2. The van der Waals surface area contributed by atoms with Gasteiger partial charge in [-0.2, -0.15) is 0 Å². The van der Waals surface area contributed by atoms with Crippen LogP contribution in [0.25, 0.3) is 0 Å². The van der Waals surface area contributed by atoms with Crippen LogP contribution in [0.15, 0.2) is 0 Å². The Morgan fingerprint density at radius 1 is 1.22 bits per heavy atom. The van der Waals surface area contributed by atoms with Gasteiger partial charge in [-0.1, -0.05) is 6.42 Å². The van der Waals surface area contributed by atoms with Gasteiger partial charge in [0.05, 0.1) is 12.0 Å². The van der Waals surface area contributed by atoms with E-state index in [1.54, 1.807) is 7.05 Å². The molecule has 2 aliphatic heterocycles. The third-order valence-electron chi connectivity index (χ3n) is 3.96. The highest BCUT2D eigenvalue weighted by atomic mass is 16.2. The maximum Gasteiger partial charge on any atom is 0.239 e. The molecule has 1 unspecified atom stereocenters. The largest absolute Gasteiger partial charge is 0.359 e. The van der Waals surface area contributed by atoms with Crippen molar-refractivity contribution in [1.82, 2.24) is 15.5 Å². The highest BCUT2D eigenvalue weighted by Gasteiger charge is 2.31. The maximum absolute atomic E-state index is 12.3. The molecule has 2 N–H and O–H groups in total. The first-order valence-corrected chi connectivity index (χ1v) is 6.96. The van der Waals surface area contributed by atoms with Gasteiger partial charge in [0.1, 0.15) is 0 Å². The van der Waals surface area contributed by atoms with Crippen LogP contribution in [0.4, 0.5) is 0 Å². The summed E-state index contributed by atoms with van der Waals surface area (Å²) in [6, 6.07) is -0.0258. The van der Waals surface area contributed by atoms with Gasteiger partial charge in [-0.15, -0.1) is 0 Å². The molecule has 0 bridgehead atoms. The second kappa shape index (κ2) is 6.18. The zero-order chi connectivity index (χ0) is 13.0. The molecule has 0 aromatic rings. The van der Waals surface area contributed by atoms with Crippen molar-refractivity contribution in [2.75, 3.05) is 26.7 Å². The fourth-order valence-corrected chi connectivity index (χ4v) is 2.88. The summed E-state index contributed by atoms with van der Waals surface area (Å²) in [5, 5.41) is 5.96. The van der Waals surface area contributed by atoms with Gasteiger partial charge in [0.15, 0.2) is 0 Å². The first-order valence-electron chi connectivity index (χ1n) is 6.96. The summed E-state index contributed by atoms with van der Waals surface area (Å²) in [6.45, 7) is 2.31. The lowest BCUT2D eigenvalue weighted by molar-refractivity contribution is -0.137. The summed E-state index contributed by atoms with van der Waals surface area (Å²) in [7, 11) is 1.66. The first kappa shape index (κ1) is 13.3. The van der Waals surface area contributed by atoms with Crippen molar-refractivity contribution in [2.45, 2.75) is 38.1 Å². The summed E-state index contributed by atoms with van der Waals surface area (Å²) in [5.41, 5.74) is 0. The highest BCUT2D eigenvalue weighted by Crippen LogP contribution is 2.19. The SMILES string of the molecule is CNC(=O)C1CCCN(C(=O)[C@@H]2CCCCN2)C1. The Kier molecular flexibility index (Phi) is 4.58. The van der Waals surface area contributed by atoms with E-state index < -0.39 is 0 Å². The number of piperidine rings is 2. The molecule has 0 aromatic carbocycles. The Morgan fingerprint density at radius 3 is 2.72 bits per heavy atom. The van der Waals surface area contributed by atoms with Crippen molar-refractivity contribution in [1.29, 1.82) is 0 Å². The van der Waals surface area contributed by atoms with E-state index in [0.717, 1.165) is 45.2 Å². The molecule has 2 saturated heterocycles. The van der Waals surface area contributed by atoms with Crippen molar-refractivity contribution in [3.05, 3.63) is 0 Å². The normalized spacial score (nSPS) is 28.8. The Labute approximate surface area is 108 Å². The smallest absolute Gasteiger partial charge is 0.239 e. The molecule has 2 aliphatic rings. The van der Waals surface area contributed by atoms with E-state index in [0.29, 0.717) is 6.54 Å². The van der Waals surface area contributed by atoms with Crippen LogP contribution >= 0.6 is 0 Å². The molecule has 2 heterocycles. The zero-order valence-electron chi connectivity index (χ0n) is 11.1. The third kappa shape index (κ3) is 3.02. The Hall–Kier alpha value is -1.10. The number of carbonyl (C=O) groups excluding carboxylic acids is 2. The van der Waals surface area contributed by atoms with Crippen LogP contribution in [-0.4, -0.2) is 49.4 Å². The minimum Gasteiger partial charge on any atom is -0.359 e. The van der Waals surface area contributed by atoms with Crippen molar-refractivity contribution in [3.8, 4) is 0 Å². The van der Waals surface area contributed by atoms with E-state index in [9.17, 15) is 9.59 Å². The first-order chi connectivity index (χ1) is 8.72. The quantitative estimate of drug-likeness (QED) is 0.734. The number of amides is 2. The Balaban J connectivity index is 1.91. The minimum absolute atomic E-state index is 0.0258. The monoisotopic (exact) mass is 253 g/mol. The van der Waals surface area contributed by atoms with Gasteiger partial charge >= 0.3 is 0 Å². The zero-order valence-corrected chi connectivity index (χ0v) is 11.1. The molecular weight excluding hydrogens is 230 g/mol. The molecule has 2 amide bonds. The molecule has 0 radical (unpaired) electrons. The topological polar surface area (TPSA) is 61.4 Å². The van der Waals surface area contributed by atoms with Crippen LogP contribution in [0.2, 0.25) is 0 Å². The standard InChI is InChI=1S/C13H23N3O2/c1-14-12(17)10-5-4-8-16(9-10)13(18)11-6-2-3-7-15-11/h10-11,15H,2-9H2,1H3,(H,14,17)/t10?,11-/m0/s1. The lowest BCUT2D eigenvalue weighted by Crippen LogP contribution is -2.52. The predicted octanol–water partition coefficient (Wildman–Crippen LogP) is 0.113. The van der Waals surface area contributed by atoms with Crippen LogP contribution in [-0.2, 0) is 9.59 Å². The van der Waals surface area contributed by atoms with Crippen LogP contribution in [0.1, 0.15) is 32.1 Å². The number of rotatable bonds is 2. The molecule has 0 aromatic heterocycles. The van der Waals surface area contributed by atoms with E-state index in [1.807, 2.05) is 4.90 Å². The number of hydrogen-bond acceptors (Lipinski definition) is 3. The molecule has 5 nitrogen and oxygen atoms in total. The van der Waals surface area contributed by atoms with Crippen LogP contribution in [0.5, 0.6) is 0 Å². The maximum atomic E-state index is 12.3. The second-order valence-electron chi connectivity index (χ2n) is 5.24. The molecule has 2 rings (SSSR count). The van der Waals surface area contributed by atoms with Crippen molar-refractivity contribution in [2.24, 2.45) is 5.92 Å². The molecule has 2 atom stereocenters. The molecule has 18 heavy (non-hydrogen) atoms. The second-order valence-corrected chi connectivity index (χ2v) is 5.24. The van der Waals surface area contributed by atoms with Gasteiger partial charge in [-0.05, 0) is 32.2 Å². The van der Waals surface area contributed by atoms with Crippen LogP contribution in [0, 0.1) is 5.92 Å². The highest BCUT2D eigenvalue weighted by molar-refractivity contribution is 5.84. The molecule has 0 spiro atoms.